The smallest absolute Gasteiger partial charge is 0.192 e. The van der Waals surface area contributed by atoms with Gasteiger partial charge in [0.05, 0.1) is 0 Å². The van der Waals surface area contributed by atoms with Gasteiger partial charge in [0, 0.05) is 0 Å². The van der Waals surface area contributed by atoms with Gasteiger partial charge in [-0.1, -0.05) is 30.3 Å². The predicted molar refractivity (Wildman–Crippen MR) is 51.5 cm³/mol. The summed E-state index contributed by atoms with van der Waals surface area (Å²) in [7, 11) is 0. The molecule has 0 amide bonds. The highest BCUT2D eigenvalue weighted by Gasteiger charge is 1.87. The second-order valence-electron chi connectivity index (χ2n) is 1.99. The van der Waals surface area contributed by atoms with Crippen LogP contribution in [0.1, 0.15) is 0 Å². The molecule has 5 heteroatoms. The van der Waals surface area contributed by atoms with Gasteiger partial charge in [-0.05, 0) is 11.4 Å². The van der Waals surface area contributed by atoms with E-state index in [0.717, 1.165) is 0 Å². The molecule has 70 valence electrons. The Morgan fingerprint density at radius 2 is 1.92 bits per heavy atom. The van der Waals surface area contributed by atoms with E-state index in [1.807, 2.05) is 12.1 Å². The monoisotopic (exact) mass is 215 g/mol. The topological polar surface area (TPSA) is 49.4 Å². The summed E-state index contributed by atoms with van der Waals surface area (Å²) in [5.74, 6) is 0. The van der Waals surface area contributed by atoms with Crippen molar-refractivity contribution < 1.29 is 12.9 Å². The second kappa shape index (κ2) is 5.69. The highest BCUT2D eigenvalue weighted by atomic mass is 32.2. The molecule has 0 radical (unpaired) electrons. The molecule has 1 unspecified atom stereocenters. The van der Waals surface area contributed by atoms with Gasteiger partial charge < -0.3 is 8.74 Å². The molecule has 0 saturated heterocycles. The number of hydrogen-bond acceptors (Lipinski definition) is 4. The molecule has 1 rings (SSSR count). The zero-order valence-corrected chi connectivity index (χ0v) is 8.22. The Morgan fingerprint density at radius 3 is 2.69 bits per heavy atom. The standard InChI is InChI=1S/C8H8O3S2/c9-13(10)11-8-6-4-2-1-3-5-7-12-8/h1-7H,(H,9,10)/p-1. The third-order valence-electron chi connectivity index (χ3n) is 1.09. The third kappa shape index (κ3) is 4.62. The van der Waals surface area contributed by atoms with E-state index in [4.69, 9.17) is 0 Å². The van der Waals surface area contributed by atoms with Crippen molar-refractivity contribution in [3.63, 3.8) is 0 Å². The Morgan fingerprint density at radius 1 is 1.23 bits per heavy atom. The lowest BCUT2D eigenvalue weighted by Crippen LogP contribution is -1.95. The van der Waals surface area contributed by atoms with Gasteiger partial charge in [-0.3, -0.25) is 0 Å². The zero-order chi connectivity index (χ0) is 9.52. The zero-order valence-electron chi connectivity index (χ0n) is 6.58. The third-order valence-corrected chi connectivity index (χ3v) is 2.26. The summed E-state index contributed by atoms with van der Waals surface area (Å²) in [6.07, 6.45) is 0. The molecule has 0 spiro atoms. The molecule has 0 aliphatic rings. The summed E-state index contributed by atoms with van der Waals surface area (Å²) in [5, 5.41) is 2.06. The molecule has 0 N–H and O–H groups in total. The molecule has 1 heterocycles. The highest BCUT2D eigenvalue weighted by Crippen LogP contribution is 2.14. The first kappa shape index (κ1) is 10.2. The minimum Gasteiger partial charge on any atom is -0.740 e. The van der Waals surface area contributed by atoms with E-state index in [0.29, 0.717) is 5.06 Å². The lowest BCUT2D eigenvalue weighted by atomic mass is 10.5. The van der Waals surface area contributed by atoms with Crippen molar-refractivity contribution in [3.05, 3.63) is 41.8 Å². The fourth-order valence-corrected chi connectivity index (χ4v) is 1.61. The molecule has 0 fully saturated rings. The predicted octanol–water partition coefficient (Wildman–Crippen LogP) is 2.05. The van der Waals surface area contributed by atoms with E-state index in [-0.39, 0.29) is 0 Å². The van der Waals surface area contributed by atoms with Crippen molar-refractivity contribution in [1.29, 1.82) is 0 Å². The largest absolute Gasteiger partial charge is 0.740 e. The Bertz CT molecular complexity index is 310. The highest BCUT2D eigenvalue weighted by molar-refractivity contribution is 7.74. The van der Waals surface area contributed by atoms with Crippen LogP contribution in [0.25, 0.3) is 0 Å². The van der Waals surface area contributed by atoms with E-state index < -0.39 is 11.4 Å². The van der Waals surface area contributed by atoms with Crippen molar-refractivity contribution in [3.8, 4) is 5.06 Å². The van der Waals surface area contributed by atoms with Crippen molar-refractivity contribution in [1.82, 2.24) is 0 Å². The van der Waals surface area contributed by atoms with E-state index in [9.17, 15) is 8.76 Å². The van der Waals surface area contributed by atoms with Gasteiger partial charge in [-0.25, -0.2) is 4.21 Å². The van der Waals surface area contributed by atoms with Crippen LogP contribution in [0.4, 0.5) is 0 Å². The van der Waals surface area contributed by atoms with Crippen LogP contribution in [0.3, 0.4) is 0 Å². The molecule has 3 nitrogen and oxygen atoms in total. The van der Waals surface area contributed by atoms with Crippen LogP contribution in [0.15, 0.2) is 41.8 Å². The maximum atomic E-state index is 10.2. The molecule has 0 aliphatic heterocycles. The molecular formula is C8H7O3S2-. The summed E-state index contributed by atoms with van der Waals surface area (Å²) >= 11 is -1.31. The van der Waals surface area contributed by atoms with Crippen LogP contribution in [0, 0.1) is 0 Å². The SMILES string of the molecule is O=S([O-])Oc1cccccccs1. The first-order valence-electron chi connectivity index (χ1n) is 3.43. The van der Waals surface area contributed by atoms with Gasteiger partial charge in [-0.2, -0.15) is 0 Å². The quantitative estimate of drug-likeness (QED) is 0.709. The number of rotatable bonds is 2. The Kier molecular flexibility index (Phi) is 4.45. The van der Waals surface area contributed by atoms with E-state index in [1.54, 1.807) is 29.6 Å². The lowest BCUT2D eigenvalue weighted by Gasteiger charge is -2.03. The van der Waals surface area contributed by atoms with E-state index in [2.05, 4.69) is 4.18 Å². The Hall–Kier alpha value is -0.910. The molecule has 1 aromatic heterocycles. The fourth-order valence-electron chi connectivity index (χ4n) is 0.632. The van der Waals surface area contributed by atoms with Gasteiger partial charge in [0.2, 0.25) is 0 Å². The maximum Gasteiger partial charge on any atom is 0.192 e. The summed E-state index contributed by atoms with van der Waals surface area (Å²) in [6, 6.07) is 10.6. The molecule has 0 bridgehead atoms. The minimum atomic E-state index is -2.51. The maximum absolute atomic E-state index is 10.2. The van der Waals surface area contributed by atoms with Crippen LogP contribution in [-0.2, 0) is 11.4 Å². The van der Waals surface area contributed by atoms with Crippen LogP contribution in [-0.4, -0.2) is 8.76 Å². The van der Waals surface area contributed by atoms with Gasteiger partial charge in [-0.15, -0.1) is 11.3 Å². The van der Waals surface area contributed by atoms with Crippen molar-refractivity contribution in [2.75, 3.05) is 0 Å². The molecule has 1 aromatic rings. The molecule has 0 saturated carbocycles. The first-order chi connectivity index (χ1) is 6.29. The molecular weight excluding hydrogens is 208 g/mol. The molecule has 0 aliphatic carbocycles. The Labute approximate surface area is 82.8 Å². The summed E-state index contributed by atoms with van der Waals surface area (Å²) in [5.41, 5.74) is 0. The average molecular weight is 215 g/mol. The summed E-state index contributed by atoms with van der Waals surface area (Å²) < 4.78 is 24.9. The number of hydrogen-bond donors (Lipinski definition) is 0. The van der Waals surface area contributed by atoms with Gasteiger partial charge in [0.15, 0.2) is 5.06 Å². The Balaban J connectivity index is 2.97. The average Bonchev–Trinajstić information content (AvgIpc) is 2.17. The van der Waals surface area contributed by atoms with Crippen LogP contribution in [0.5, 0.6) is 5.06 Å². The first-order valence-corrected chi connectivity index (χ1v) is 5.31. The normalized spacial score (nSPS) is 11.5. The van der Waals surface area contributed by atoms with Crippen molar-refractivity contribution in [2.45, 2.75) is 0 Å². The molecule has 13 heavy (non-hydrogen) atoms. The van der Waals surface area contributed by atoms with Gasteiger partial charge in [0.25, 0.3) is 0 Å². The molecule has 1 atom stereocenters. The molecule has 0 aromatic carbocycles. The summed E-state index contributed by atoms with van der Waals surface area (Å²) in [6.45, 7) is 0. The van der Waals surface area contributed by atoms with Crippen molar-refractivity contribution in [2.24, 2.45) is 0 Å². The van der Waals surface area contributed by atoms with Crippen LogP contribution < -0.4 is 4.18 Å². The minimum absolute atomic E-state index is 0.324. The van der Waals surface area contributed by atoms with Crippen molar-refractivity contribution >= 4 is 22.7 Å². The van der Waals surface area contributed by atoms with Crippen LogP contribution >= 0.6 is 11.3 Å². The lowest BCUT2D eigenvalue weighted by molar-refractivity contribution is 0.445. The van der Waals surface area contributed by atoms with E-state index >= 15 is 0 Å². The van der Waals surface area contributed by atoms with Gasteiger partial charge in [0.1, 0.15) is 11.4 Å². The van der Waals surface area contributed by atoms with Gasteiger partial charge >= 0.3 is 0 Å². The fraction of sp³-hybridized carbons (Fsp3) is 0. The van der Waals surface area contributed by atoms with Crippen LogP contribution in [0.2, 0.25) is 0 Å². The summed E-state index contributed by atoms with van der Waals surface area (Å²) in [4.78, 5) is 0. The second-order valence-corrected chi connectivity index (χ2v) is 3.47. The van der Waals surface area contributed by atoms with E-state index in [1.165, 1.54) is 11.3 Å².